The lowest BCUT2D eigenvalue weighted by Gasteiger charge is -2.39. The van der Waals surface area contributed by atoms with E-state index in [0.717, 1.165) is 16.7 Å². The highest BCUT2D eigenvalue weighted by molar-refractivity contribution is 5.43. The highest BCUT2D eigenvalue weighted by Gasteiger charge is 2.44. The molecule has 1 fully saturated rings. The monoisotopic (exact) mass is 298 g/mol. The van der Waals surface area contributed by atoms with Crippen LogP contribution in [0.15, 0.2) is 12.1 Å². The van der Waals surface area contributed by atoms with Crippen molar-refractivity contribution in [3.63, 3.8) is 0 Å². The molecule has 0 unspecified atom stereocenters. The van der Waals surface area contributed by atoms with Crippen molar-refractivity contribution in [3.05, 3.63) is 28.8 Å². The third-order valence-electron chi connectivity index (χ3n) is 3.69. The summed E-state index contributed by atoms with van der Waals surface area (Å²) in [5.74, 6) is 0.560. The lowest BCUT2D eigenvalue weighted by atomic mass is 9.99. The average molecular weight is 298 g/mol. The molecule has 21 heavy (non-hydrogen) atoms. The third kappa shape index (κ3) is 3.20. The first kappa shape index (κ1) is 16.2. The summed E-state index contributed by atoms with van der Waals surface area (Å²) in [6, 6.07) is 3.87. The molecule has 1 aromatic rings. The summed E-state index contributed by atoms with van der Waals surface area (Å²) in [5, 5.41) is 38.6. The minimum Gasteiger partial charge on any atom is -0.461 e. The van der Waals surface area contributed by atoms with E-state index in [1.165, 1.54) is 0 Å². The van der Waals surface area contributed by atoms with Gasteiger partial charge in [0.05, 0.1) is 6.61 Å². The molecular formula is C15H22O6. The Morgan fingerprint density at radius 1 is 1.00 bits per heavy atom. The summed E-state index contributed by atoms with van der Waals surface area (Å²) in [6.07, 6.45) is -6.35. The molecule has 1 saturated heterocycles. The molecule has 0 amide bonds. The number of aliphatic hydroxyl groups excluding tert-OH is 4. The van der Waals surface area contributed by atoms with Crippen LogP contribution in [-0.2, 0) is 4.74 Å². The number of hydrogen-bond donors (Lipinski definition) is 4. The van der Waals surface area contributed by atoms with Crippen LogP contribution in [0.25, 0.3) is 0 Å². The molecule has 2 rings (SSSR count). The number of ether oxygens (including phenoxy) is 2. The van der Waals surface area contributed by atoms with Gasteiger partial charge in [0.1, 0.15) is 30.2 Å². The maximum absolute atomic E-state index is 9.98. The lowest BCUT2D eigenvalue weighted by molar-refractivity contribution is -0.277. The van der Waals surface area contributed by atoms with Crippen LogP contribution < -0.4 is 4.74 Å². The summed E-state index contributed by atoms with van der Waals surface area (Å²) in [6.45, 7) is 5.24. The first-order valence-corrected chi connectivity index (χ1v) is 6.90. The highest BCUT2D eigenvalue weighted by atomic mass is 16.7. The van der Waals surface area contributed by atoms with Crippen LogP contribution >= 0.6 is 0 Å². The molecule has 6 heteroatoms. The van der Waals surface area contributed by atoms with E-state index >= 15 is 0 Å². The standard InChI is InChI=1S/C15H22O6/c1-7-4-8(2)14(9(3)5-7)21-15-13(19)12(18)11(17)10(6-16)20-15/h4-5,10-13,15-19H,6H2,1-3H3/t10-,11-,12+,13+,15-/m1/s1. The fourth-order valence-corrected chi connectivity index (χ4v) is 2.63. The molecule has 6 nitrogen and oxygen atoms in total. The molecule has 0 bridgehead atoms. The molecule has 1 heterocycles. The van der Waals surface area contributed by atoms with Gasteiger partial charge < -0.3 is 29.9 Å². The van der Waals surface area contributed by atoms with Crippen molar-refractivity contribution in [1.82, 2.24) is 0 Å². The minimum absolute atomic E-state index is 0.476. The van der Waals surface area contributed by atoms with Crippen molar-refractivity contribution in [3.8, 4) is 5.75 Å². The second-order valence-electron chi connectivity index (χ2n) is 5.54. The Bertz CT molecular complexity index is 478. The predicted molar refractivity (Wildman–Crippen MR) is 75.0 cm³/mol. The second-order valence-corrected chi connectivity index (χ2v) is 5.54. The van der Waals surface area contributed by atoms with Gasteiger partial charge in [-0.25, -0.2) is 0 Å². The number of hydrogen-bond acceptors (Lipinski definition) is 6. The smallest absolute Gasteiger partial charge is 0.229 e. The first-order chi connectivity index (χ1) is 9.85. The van der Waals surface area contributed by atoms with Gasteiger partial charge in [-0.2, -0.15) is 0 Å². The van der Waals surface area contributed by atoms with E-state index in [4.69, 9.17) is 14.6 Å². The molecule has 0 aliphatic carbocycles. The van der Waals surface area contributed by atoms with Gasteiger partial charge in [0.15, 0.2) is 0 Å². The second kappa shape index (κ2) is 6.29. The highest BCUT2D eigenvalue weighted by Crippen LogP contribution is 2.29. The maximum atomic E-state index is 9.98. The van der Waals surface area contributed by atoms with Crippen LogP contribution in [-0.4, -0.2) is 57.7 Å². The van der Waals surface area contributed by atoms with Crippen molar-refractivity contribution in [2.24, 2.45) is 0 Å². The summed E-state index contributed by atoms with van der Waals surface area (Å²) in [5.41, 5.74) is 2.85. The topological polar surface area (TPSA) is 99.4 Å². The molecule has 1 aliphatic rings. The van der Waals surface area contributed by atoms with Gasteiger partial charge in [0.25, 0.3) is 0 Å². The van der Waals surface area contributed by atoms with E-state index in [-0.39, 0.29) is 0 Å². The zero-order valence-corrected chi connectivity index (χ0v) is 12.4. The number of benzene rings is 1. The Labute approximate surface area is 123 Å². The van der Waals surface area contributed by atoms with Crippen LogP contribution in [0.2, 0.25) is 0 Å². The molecule has 118 valence electrons. The van der Waals surface area contributed by atoms with Gasteiger partial charge in [-0.05, 0) is 31.9 Å². The number of aryl methyl sites for hydroxylation is 3. The predicted octanol–water partition coefficient (Wildman–Crippen LogP) is -0.209. The van der Waals surface area contributed by atoms with Crippen LogP contribution in [0.1, 0.15) is 16.7 Å². The van der Waals surface area contributed by atoms with Crippen molar-refractivity contribution < 1.29 is 29.9 Å². The van der Waals surface area contributed by atoms with E-state index in [9.17, 15) is 15.3 Å². The van der Waals surface area contributed by atoms with Gasteiger partial charge in [-0.1, -0.05) is 17.7 Å². The summed E-state index contributed by atoms with van der Waals surface area (Å²) >= 11 is 0. The van der Waals surface area contributed by atoms with Crippen molar-refractivity contribution in [2.75, 3.05) is 6.61 Å². The summed E-state index contributed by atoms with van der Waals surface area (Å²) in [7, 11) is 0. The SMILES string of the molecule is Cc1cc(C)c(O[C@H]2O[C@H](CO)[C@@H](O)[C@H](O)[C@@H]2O)c(C)c1. The molecule has 0 spiro atoms. The van der Waals surface area contributed by atoms with Crippen molar-refractivity contribution >= 4 is 0 Å². The molecule has 5 atom stereocenters. The first-order valence-electron chi connectivity index (χ1n) is 6.90. The third-order valence-corrected chi connectivity index (χ3v) is 3.69. The van der Waals surface area contributed by atoms with Gasteiger partial charge in [0.2, 0.25) is 6.29 Å². The Hall–Kier alpha value is -1.18. The largest absolute Gasteiger partial charge is 0.461 e. The average Bonchev–Trinajstić information content (AvgIpc) is 2.42. The zero-order valence-electron chi connectivity index (χ0n) is 12.4. The normalized spacial score (nSPS) is 33.0. The molecule has 4 N–H and O–H groups in total. The van der Waals surface area contributed by atoms with Crippen LogP contribution in [0.5, 0.6) is 5.75 Å². The fraction of sp³-hybridized carbons (Fsp3) is 0.600. The molecule has 1 aromatic carbocycles. The Morgan fingerprint density at radius 2 is 1.57 bits per heavy atom. The minimum atomic E-state index is -1.44. The van der Waals surface area contributed by atoms with Gasteiger partial charge in [-0.3, -0.25) is 0 Å². The molecule has 0 saturated carbocycles. The van der Waals surface area contributed by atoms with Gasteiger partial charge in [0, 0.05) is 0 Å². The van der Waals surface area contributed by atoms with Crippen molar-refractivity contribution in [1.29, 1.82) is 0 Å². The molecule has 0 radical (unpaired) electrons. The summed E-state index contributed by atoms with van der Waals surface area (Å²) in [4.78, 5) is 0. The summed E-state index contributed by atoms with van der Waals surface area (Å²) < 4.78 is 11.0. The van der Waals surface area contributed by atoms with Crippen molar-refractivity contribution in [2.45, 2.75) is 51.5 Å². The lowest BCUT2D eigenvalue weighted by Crippen LogP contribution is -2.60. The molecule has 0 aromatic heterocycles. The quantitative estimate of drug-likeness (QED) is 0.616. The van der Waals surface area contributed by atoms with Gasteiger partial charge in [-0.15, -0.1) is 0 Å². The zero-order chi connectivity index (χ0) is 15.7. The Kier molecular flexibility index (Phi) is 4.85. The van der Waals surface area contributed by atoms with Crippen LogP contribution in [0.4, 0.5) is 0 Å². The van der Waals surface area contributed by atoms with Gasteiger partial charge >= 0.3 is 0 Å². The van der Waals surface area contributed by atoms with E-state index < -0.39 is 37.3 Å². The Morgan fingerprint density at radius 3 is 2.10 bits per heavy atom. The number of aliphatic hydroxyl groups is 4. The van der Waals surface area contributed by atoms with E-state index in [1.807, 2.05) is 32.9 Å². The molecular weight excluding hydrogens is 276 g/mol. The van der Waals surface area contributed by atoms with Crippen LogP contribution in [0.3, 0.4) is 0 Å². The van der Waals surface area contributed by atoms with E-state index in [2.05, 4.69) is 0 Å². The van der Waals surface area contributed by atoms with Crippen LogP contribution in [0, 0.1) is 20.8 Å². The Balaban J connectivity index is 2.22. The van der Waals surface area contributed by atoms with E-state index in [0.29, 0.717) is 5.75 Å². The fourth-order valence-electron chi connectivity index (χ4n) is 2.63. The van der Waals surface area contributed by atoms with E-state index in [1.54, 1.807) is 0 Å². The molecule has 1 aliphatic heterocycles. The number of rotatable bonds is 3. The maximum Gasteiger partial charge on any atom is 0.229 e.